The molecule has 0 heterocycles. The van der Waals surface area contributed by atoms with Gasteiger partial charge in [0.1, 0.15) is 5.82 Å². The molecule has 15 heavy (non-hydrogen) atoms. The second-order valence-corrected chi connectivity index (χ2v) is 4.16. The molecular weight excluding hydrogens is 280 g/mol. The van der Waals surface area contributed by atoms with Gasteiger partial charge in [0.2, 0.25) is 0 Å². The first-order chi connectivity index (χ1) is 7.15. The maximum atomic E-state index is 12.7. The summed E-state index contributed by atoms with van der Waals surface area (Å²) in [6, 6.07) is 4.82. The van der Waals surface area contributed by atoms with Crippen molar-refractivity contribution in [3.05, 3.63) is 34.1 Å². The Bertz CT molecular complexity index is 279. The van der Waals surface area contributed by atoms with Crippen molar-refractivity contribution in [1.82, 2.24) is 5.32 Å². The SMILES string of the molecule is CCCNC.Fc1cc(Br)ccc1CCl. The van der Waals surface area contributed by atoms with Gasteiger partial charge in [0, 0.05) is 10.0 Å². The van der Waals surface area contributed by atoms with Crippen molar-refractivity contribution >= 4 is 27.5 Å². The minimum Gasteiger partial charge on any atom is -0.320 e. The molecule has 0 saturated heterocycles. The largest absolute Gasteiger partial charge is 0.320 e. The Kier molecular flexibility index (Phi) is 9.06. The highest BCUT2D eigenvalue weighted by Crippen LogP contribution is 2.16. The number of hydrogen-bond acceptors (Lipinski definition) is 1. The van der Waals surface area contributed by atoms with Crippen LogP contribution in [-0.2, 0) is 5.88 Å². The molecule has 0 aliphatic rings. The Balaban J connectivity index is 0.000000336. The molecule has 4 heteroatoms. The van der Waals surface area contributed by atoms with Gasteiger partial charge in [-0.2, -0.15) is 0 Å². The van der Waals surface area contributed by atoms with E-state index in [1.807, 2.05) is 7.05 Å². The predicted molar refractivity (Wildman–Crippen MR) is 67.9 cm³/mol. The summed E-state index contributed by atoms with van der Waals surface area (Å²) in [5.74, 6) is -0.0385. The quantitative estimate of drug-likeness (QED) is 0.833. The number of alkyl halides is 1. The summed E-state index contributed by atoms with van der Waals surface area (Å²) in [5.41, 5.74) is 0.532. The molecule has 0 aromatic heterocycles. The Hall–Kier alpha value is -0.120. The molecule has 0 radical (unpaired) electrons. The van der Waals surface area contributed by atoms with E-state index in [9.17, 15) is 4.39 Å². The molecule has 1 N–H and O–H groups in total. The van der Waals surface area contributed by atoms with E-state index in [4.69, 9.17) is 11.6 Å². The van der Waals surface area contributed by atoms with Gasteiger partial charge in [-0.15, -0.1) is 11.6 Å². The minimum atomic E-state index is -0.260. The van der Waals surface area contributed by atoms with Crippen LogP contribution in [0.25, 0.3) is 0 Å². The number of rotatable bonds is 3. The van der Waals surface area contributed by atoms with Crippen molar-refractivity contribution in [2.45, 2.75) is 19.2 Å². The topological polar surface area (TPSA) is 12.0 Å². The molecule has 0 bridgehead atoms. The van der Waals surface area contributed by atoms with E-state index >= 15 is 0 Å². The van der Waals surface area contributed by atoms with Crippen LogP contribution in [-0.4, -0.2) is 13.6 Å². The second kappa shape index (κ2) is 9.13. The van der Waals surface area contributed by atoms with Crippen molar-refractivity contribution < 1.29 is 4.39 Å². The van der Waals surface area contributed by atoms with Crippen LogP contribution in [0.5, 0.6) is 0 Å². The van der Waals surface area contributed by atoms with Crippen molar-refractivity contribution in [3.63, 3.8) is 0 Å². The Morgan fingerprint density at radius 1 is 1.47 bits per heavy atom. The van der Waals surface area contributed by atoms with E-state index in [0.717, 1.165) is 11.0 Å². The van der Waals surface area contributed by atoms with E-state index < -0.39 is 0 Å². The van der Waals surface area contributed by atoms with Gasteiger partial charge in [0.15, 0.2) is 0 Å². The van der Waals surface area contributed by atoms with Crippen molar-refractivity contribution in [3.8, 4) is 0 Å². The lowest BCUT2D eigenvalue weighted by Gasteiger charge is -1.96. The average Bonchev–Trinajstić information content (AvgIpc) is 2.20. The Morgan fingerprint density at radius 3 is 2.47 bits per heavy atom. The van der Waals surface area contributed by atoms with Crippen LogP contribution in [0.4, 0.5) is 4.39 Å². The number of nitrogens with one attached hydrogen (secondary N) is 1. The van der Waals surface area contributed by atoms with Crippen LogP contribution in [0.15, 0.2) is 22.7 Å². The van der Waals surface area contributed by atoms with Gasteiger partial charge < -0.3 is 5.32 Å². The van der Waals surface area contributed by atoms with Crippen molar-refractivity contribution in [1.29, 1.82) is 0 Å². The summed E-state index contributed by atoms with van der Waals surface area (Å²) < 4.78 is 13.5. The third kappa shape index (κ3) is 6.88. The number of benzene rings is 1. The Morgan fingerprint density at radius 2 is 2.13 bits per heavy atom. The van der Waals surface area contributed by atoms with E-state index in [2.05, 4.69) is 28.2 Å². The third-order valence-corrected chi connectivity index (χ3v) is 2.44. The summed E-state index contributed by atoms with van der Waals surface area (Å²) in [4.78, 5) is 0. The fourth-order valence-electron chi connectivity index (χ4n) is 0.880. The van der Waals surface area contributed by atoms with Crippen LogP contribution in [0, 0.1) is 5.82 Å². The summed E-state index contributed by atoms with van der Waals surface area (Å²) in [7, 11) is 1.96. The zero-order valence-corrected chi connectivity index (χ0v) is 11.3. The zero-order chi connectivity index (χ0) is 11.7. The molecule has 1 aromatic carbocycles. The second-order valence-electron chi connectivity index (χ2n) is 2.97. The molecular formula is C11H16BrClFN. The van der Waals surface area contributed by atoms with E-state index in [-0.39, 0.29) is 11.7 Å². The molecule has 1 aromatic rings. The minimum absolute atomic E-state index is 0.221. The number of hydrogen-bond donors (Lipinski definition) is 1. The summed E-state index contributed by atoms with van der Waals surface area (Å²) in [6.07, 6.45) is 1.23. The molecule has 0 spiro atoms. The van der Waals surface area contributed by atoms with Crippen LogP contribution in [0.3, 0.4) is 0 Å². The van der Waals surface area contributed by atoms with Crippen LogP contribution < -0.4 is 5.32 Å². The first-order valence-corrected chi connectivity index (χ1v) is 6.12. The van der Waals surface area contributed by atoms with Gasteiger partial charge in [-0.3, -0.25) is 0 Å². The molecule has 0 unspecified atom stereocenters. The van der Waals surface area contributed by atoms with E-state index in [1.165, 1.54) is 12.5 Å². The summed E-state index contributed by atoms with van der Waals surface area (Å²) >= 11 is 8.57. The molecule has 0 aliphatic heterocycles. The molecule has 0 amide bonds. The maximum Gasteiger partial charge on any atom is 0.128 e. The lowest BCUT2D eigenvalue weighted by atomic mass is 10.2. The van der Waals surface area contributed by atoms with Crippen LogP contribution in [0.1, 0.15) is 18.9 Å². The van der Waals surface area contributed by atoms with Gasteiger partial charge in [0.25, 0.3) is 0 Å². The summed E-state index contributed by atoms with van der Waals surface area (Å²) in [6.45, 7) is 3.29. The Labute approximate surface area is 104 Å². The lowest BCUT2D eigenvalue weighted by molar-refractivity contribution is 0.616. The summed E-state index contributed by atoms with van der Waals surface area (Å²) in [5, 5.41) is 3.02. The molecule has 86 valence electrons. The zero-order valence-electron chi connectivity index (χ0n) is 8.99. The predicted octanol–water partition coefficient (Wildman–Crippen LogP) is 3.94. The smallest absolute Gasteiger partial charge is 0.128 e. The monoisotopic (exact) mass is 295 g/mol. The third-order valence-electron chi connectivity index (χ3n) is 1.66. The van der Waals surface area contributed by atoms with E-state index in [1.54, 1.807) is 12.1 Å². The molecule has 0 fully saturated rings. The van der Waals surface area contributed by atoms with E-state index in [0.29, 0.717) is 5.56 Å². The normalized spacial score (nSPS) is 9.40. The van der Waals surface area contributed by atoms with Gasteiger partial charge in [-0.05, 0) is 32.1 Å². The van der Waals surface area contributed by atoms with Gasteiger partial charge in [0.05, 0.1) is 5.88 Å². The molecule has 1 rings (SSSR count). The van der Waals surface area contributed by atoms with Crippen LogP contribution in [0.2, 0.25) is 0 Å². The molecule has 0 aliphatic carbocycles. The fourth-order valence-corrected chi connectivity index (χ4v) is 1.43. The van der Waals surface area contributed by atoms with Crippen LogP contribution >= 0.6 is 27.5 Å². The maximum absolute atomic E-state index is 12.7. The highest BCUT2D eigenvalue weighted by molar-refractivity contribution is 9.10. The molecule has 0 atom stereocenters. The van der Waals surface area contributed by atoms with Crippen molar-refractivity contribution in [2.24, 2.45) is 0 Å². The molecule has 0 saturated carbocycles. The molecule has 1 nitrogen and oxygen atoms in total. The van der Waals surface area contributed by atoms with Gasteiger partial charge in [-0.25, -0.2) is 4.39 Å². The van der Waals surface area contributed by atoms with Gasteiger partial charge in [-0.1, -0.05) is 28.9 Å². The average molecular weight is 297 g/mol. The fraction of sp³-hybridized carbons (Fsp3) is 0.455. The number of halogens is 3. The highest BCUT2D eigenvalue weighted by atomic mass is 79.9. The standard InChI is InChI=1S/C7H5BrClF.C4H11N/c8-6-2-1-5(4-9)7(10)3-6;1-3-4-5-2/h1-3H,4H2;5H,3-4H2,1-2H3. The highest BCUT2D eigenvalue weighted by Gasteiger charge is 1.99. The first kappa shape index (κ1) is 14.9. The first-order valence-electron chi connectivity index (χ1n) is 4.80. The lowest BCUT2D eigenvalue weighted by Crippen LogP contribution is -2.04. The van der Waals surface area contributed by atoms with Crippen molar-refractivity contribution in [2.75, 3.05) is 13.6 Å². The van der Waals surface area contributed by atoms with Gasteiger partial charge >= 0.3 is 0 Å².